The fourth-order valence-corrected chi connectivity index (χ4v) is 9.13. The van der Waals surface area contributed by atoms with Crippen molar-refractivity contribution in [2.24, 2.45) is 0 Å². The van der Waals surface area contributed by atoms with Crippen molar-refractivity contribution in [3.8, 4) is 11.1 Å². The molecule has 13 atom stereocenters. The fraction of sp³-hybridized carbons (Fsp3) is 0.471. The molecule has 3 aliphatic heterocycles. The van der Waals surface area contributed by atoms with Crippen LogP contribution in [-0.4, -0.2) is 142 Å². The third-order valence-electron chi connectivity index (χ3n) is 12.1. The molecule has 0 bridgehead atoms. The molecule has 0 saturated carbocycles. The molecule has 1 unspecified atom stereocenters. The van der Waals surface area contributed by atoms with E-state index in [9.17, 15) is 33.6 Å². The van der Waals surface area contributed by atoms with Crippen LogP contribution in [0.15, 0.2) is 91.5 Å². The molecule has 1 aliphatic carbocycles. The SMILES string of the molecule is C=CCOC(=O)[C@@H](NC(=O)OCC1c2ccccc2-c2ccccc21)[C@@H](C)O[C@H]1O[C@@H]2COC(c3ccccc3)O[C@@H]2[C@H](O[C@@H]2O[C@H](COC(C)=O)[C@H](OC(C)=O)[C@H](OC(C)=O)[C@H]2OC(C)=O)[C@H]1NC(C)=O. The van der Waals surface area contributed by atoms with Gasteiger partial charge in [0.05, 0.1) is 12.7 Å². The molecule has 0 aromatic heterocycles. The Hall–Kier alpha value is -6.75. The number of fused-ring (bicyclic) bond motifs is 4. The summed E-state index contributed by atoms with van der Waals surface area (Å²) >= 11 is 0. The van der Waals surface area contributed by atoms with Gasteiger partial charge in [0.15, 0.2) is 43.2 Å². The van der Waals surface area contributed by atoms with Crippen molar-refractivity contribution in [2.45, 2.75) is 127 Å². The second-order valence-electron chi connectivity index (χ2n) is 17.3. The smallest absolute Gasteiger partial charge is 0.407 e. The summed E-state index contributed by atoms with van der Waals surface area (Å²) in [5.41, 5.74) is 4.56. The van der Waals surface area contributed by atoms with Crippen molar-refractivity contribution in [2.75, 3.05) is 26.4 Å². The van der Waals surface area contributed by atoms with Crippen LogP contribution in [0.5, 0.6) is 0 Å². The number of amides is 2. The number of carbonyl (C=O) groups is 7. The monoisotopic (exact) mass is 1000 g/mol. The van der Waals surface area contributed by atoms with Crippen molar-refractivity contribution < 1.29 is 90.4 Å². The number of carbonyl (C=O) groups excluding carboxylic acids is 7. The molecule has 3 fully saturated rings. The first-order chi connectivity index (χ1) is 34.5. The van der Waals surface area contributed by atoms with Gasteiger partial charge in [0, 0.05) is 46.1 Å². The maximum Gasteiger partial charge on any atom is 0.407 e. The second kappa shape index (κ2) is 24.1. The van der Waals surface area contributed by atoms with E-state index in [4.69, 9.17) is 56.8 Å². The number of hydrogen-bond acceptors (Lipinski definition) is 19. The predicted octanol–water partition coefficient (Wildman–Crippen LogP) is 3.84. The van der Waals surface area contributed by atoms with Crippen molar-refractivity contribution in [1.29, 1.82) is 0 Å². The Morgan fingerprint density at radius 3 is 1.90 bits per heavy atom. The fourth-order valence-electron chi connectivity index (χ4n) is 9.13. The molecule has 7 rings (SSSR count). The van der Waals surface area contributed by atoms with Crippen molar-refractivity contribution in [3.63, 3.8) is 0 Å². The van der Waals surface area contributed by atoms with Crippen LogP contribution in [0, 0.1) is 0 Å². The Balaban J connectivity index is 1.21. The van der Waals surface area contributed by atoms with Crippen LogP contribution >= 0.6 is 0 Å². The van der Waals surface area contributed by atoms with E-state index in [0.717, 1.165) is 49.9 Å². The highest BCUT2D eigenvalue weighted by atomic mass is 16.8. The summed E-state index contributed by atoms with van der Waals surface area (Å²) in [5, 5.41) is 5.38. The first kappa shape index (κ1) is 53.1. The zero-order valence-corrected chi connectivity index (χ0v) is 40.5. The molecule has 2 N–H and O–H groups in total. The molecule has 72 heavy (non-hydrogen) atoms. The van der Waals surface area contributed by atoms with Gasteiger partial charge in [0.25, 0.3) is 0 Å². The van der Waals surface area contributed by atoms with Gasteiger partial charge in [-0.25, -0.2) is 9.59 Å². The molecule has 21 heteroatoms. The number of hydrogen-bond donors (Lipinski definition) is 2. The third kappa shape index (κ3) is 12.8. The van der Waals surface area contributed by atoms with E-state index in [0.29, 0.717) is 5.56 Å². The molecule has 3 saturated heterocycles. The largest absolute Gasteiger partial charge is 0.463 e. The van der Waals surface area contributed by atoms with E-state index in [1.807, 2.05) is 48.5 Å². The normalized spacial score (nSPS) is 27.2. The van der Waals surface area contributed by atoms with Gasteiger partial charge in [-0.2, -0.15) is 0 Å². The molecule has 3 aromatic carbocycles. The molecule has 3 heterocycles. The summed E-state index contributed by atoms with van der Waals surface area (Å²) in [6, 6.07) is 21.5. The highest BCUT2D eigenvalue weighted by Gasteiger charge is 2.58. The predicted molar refractivity (Wildman–Crippen MR) is 247 cm³/mol. The van der Waals surface area contributed by atoms with E-state index in [1.165, 1.54) is 19.9 Å². The van der Waals surface area contributed by atoms with E-state index in [-0.39, 0.29) is 25.7 Å². The zero-order chi connectivity index (χ0) is 51.6. The minimum Gasteiger partial charge on any atom is -0.463 e. The Morgan fingerprint density at radius 2 is 1.29 bits per heavy atom. The van der Waals surface area contributed by atoms with Crippen molar-refractivity contribution in [1.82, 2.24) is 10.6 Å². The minimum absolute atomic E-state index is 0.0782. The van der Waals surface area contributed by atoms with Crippen molar-refractivity contribution >= 4 is 41.8 Å². The Bertz CT molecular complexity index is 2410. The number of nitrogens with one attached hydrogen (secondary N) is 2. The summed E-state index contributed by atoms with van der Waals surface area (Å²) < 4.78 is 72.1. The molecule has 0 radical (unpaired) electrons. The van der Waals surface area contributed by atoms with E-state index in [2.05, 4.69) is 17.2 Å². The van der Waals surface area contributed by atoms with E-state index < -0.39 is 128 Å². The first-order valence-electron chi connectivity index (χ1n) is 23.3. The summed E-state index contributed by atoms with van der Waals surface area (Å²) in [7, 11) is 0. The minimum atomic E-state index is -1.76. The highest BCUT2D eigenvalue weighted by Crippen LogP contribution is 2.45. The maximum atomic E-state index is 13.8. The maximum absolute atomic E-state index is 13.8. The van der Waals surface area contributed by atoms with Gasteiger partial charge < -0.3 is 67.5 Å². The lowest BCUT2D eigenvalue weighted by Crippen LogP contribution is -2.70. The van der Waals surface area contributed by atoms with Gasteiger partial charge in [-0.3, -0.25) is 24.0 Å². The lowest BCUT2D eigenvalue weighted by Gasteiger charge is -2.52. The van der Waals surface area contributed by atoms with Gasteiger partial charge in [0.1, 0.15) is 50.3 Å². The lowest BCUT2D eigenvalue weighted by atomic mass is 9.94. The van der Waals surface area contributed by atoms with Crippen LogP contribution in [0.1, 0.15) is 70.4 Å². The van der Waals surface area contributed by atoms with Gasteiger partial charge in [-0.05, 0) is 29.2 Å². The van der Waals surface area contributed by atoms with Crippen LogP contribution < -0.4 is 10.6 Å². The average molecular weight is 1000 g/mol. The van der Waals surface area contributed by atoms with Gasteiger partial charge >= 0.3 is 35.9 Å². The Kier molecular flexibility index (Phi) is 17.8. The van der Waals surface area contributed by atoms with Gasteiger partial charge in [0.2, 0.25) is 5.91 Å². The van der Waals surface area contributed by atoms with Crippen LogP contribution in [0.25, 0.3) is 11.1 Å². The summed E-state index contributed by atoms with van der Waals surface area (Å²) in [6.07, 6.45) is -15.2. The number of ether oxygens (including phenoxy) is 12. The van der Waals surface area contributed by atoms with Crippen molar-refractivity contribution in [3.05, 3.63) is 108 Å². The quantitative estimate of drug-likeness (QED) is 0.104. The van der Waals surface area contributed by atoms with Crippen LogP contribution in [-0.2, 0) is 85.6 Å². The zero-order valence-electron chi connectivity index (χ0n) is 40.5. The molecule has 4 aliphatic rings. The number of benzene rings is 3. The molecule has 0 spiro atoms. The number of rotatable bonds is 18. The molecular formula is C51H58N2O19. The van der Waals surface area contributed by atoms with Crippen LogP contribution in [0.3, 0.4) is 0 Å². The topological polar surface area (TPSA) is 254 Å². The Morgan fingerprint density at radius 1 is 0.681 bits per heavy atom. The molecular weight excluding hydrogens is 945 g/mol. The van der Waals surface area contributed by atoms with E-state index >= 15 is 0 Å². The molecule has 2 amide bonds. The number of alkyl carbamates (subject to hydrolysis) is 1. The van der Waals surface area contributed by atoms with E-state index in [1.54, 1.807) is 30.3 Å². The summed E-state index contributed by atoms with van der Waals surface area (Å²) in [5.74, 6) is -5.20. The molecule has 21 nitrogen and oxygen atoms in total. The number of esters is 5. The third-order valence-corrected chi connectivity index (χ3v) is 12.1. The summed E-state index contributed by atoms with van der Waals surface area (Å²) in [6.45, 7) is 9.62. The first-order valence-corrected chi connectivity index (χ1v) is 23.3. The standard InChI is InChI=1S/C51H58N2O19/c1-8-22-61-47(59)40(53-51(60)64-23-37-35-20-14-12-18-33(35)34-19-13-15-21-36(34)37)26(2)65-49-41(52-27(3)54)44(42-39(69-49)25-63-48(71-42)32-16-10-9-11-17-32)72-50-46(68-31(7)58)45(67-30(6)57)43(66-29(5)56)38(70-50)24-62-28(4)55/h8-21,26,37-46,48-50H,1,22-25H2,2-7H3,(H,52,54)(H,53,60)/t26-,38-,39-,40+,41-,42+,43+,44-,45+,46-,48?,49+,50+/m1/s1. The molecule has 386 valence electrons. The second-order valence-corrected chi connectivity index (χ2v) is 17.3. The van der Waals surface area contributed by atoms with Gasteiger partial charge in [-0.1, -0.05) is 91.5 Å². The highest BCUT2D eigenvalue weighted by molar-refractivity contribution is 5.83. The average Bonchev–Trinajstić information content (AvgIpc) is 3.66. The lowest BCUT2D eigenvalue weighted by molar-refractivity contribution is -0.381. The van der Waals surface area contributed by atoms with Crippen LogP contribution in [0.2, 0.25) is 0 Å². The molecule has 3 aromatic rings. The Labute approximate surface area is 414 Å². The van der Waals surface area contributed by atoms with Gasteiger partial charge in [-0.15, -0.1) is 0 Å². The van der Waals surface area contributed by atoms with Crippen LogP contribution in [0.4, 0.5) is 4.79 Å². The summed E-state index contributed by atoms with van der Waals surface area (Å²) in [4.78, 5) is 90.8.